The van der Waals surface area contributed by atoms with Crippen molar-refractivity contribution in [1.29, 1.82) is 0 Å². The lowest BCUT2D eigenvalue weighted by Crippen LogP contribution is -2.09. The molecule has 6 heteroatoms. The van der Waals surface area contributed by atoms with Gasteiger partial charge in [-0.1, -0.05) is 6.07 Å². The number of amides is 1. The molecule has 1 aromatic heterocycles. The number of carboxylic acid groups (broad SMARTS) is 1. The number of nitrogens with one attached hydrogen (secondary N) is 2. The Morgan fingerprint density at radius 2 is 2.22 bits per heavy atom. The van der Waals surface area contributed by atoms with E-state index in [4.69, 9.17) is 10.8 Å². The second kappa shape index (κ2) is 5.42. The highest BCUT2D eigenvalue weighted by atomic mass is 32.1. The molecule has 0 saturated heterocycles. The summed E-state index contributed by atoms with van der Waals surface area (Å²) >= 11 is 1.67. The lowest BCUT2D eigenvalue weighted by molar-refractivity contribution is 0.210. The SMILES string of the molecule is Nc1cc(NCc2cccs2)ccc1NC(=O)O. The third kappa shape index (κ3) is 3.14. The Hall–Kier alpha value is -2.21. The number of thiophene rings is 1. The van der Waals surface area contributed by atoms with E-state index in [1.807, 2.05) is 17.5 Å². The molecule has 2 aromatic rings. The normalized spacial score (nSPS) is 10.0. The molecule has 5 N–H and O–H groups in total. The third-order valence-corrected chi connectivity index (χ3v) is 3.22. The predicted octanol–water partition coefficient (Wildman–Crippen LogP) is 3.03. The van der Waals surface area contributed by atoms with Crippen molar-refractivity contribution in [1.82, 2.24) is 0 Å². The fourth-order valence-corrected chi connectivity index (χ4v) is 2.15. The highest BCUT2D eigenvalue weighted by molar-refractivity contribution is 7.09. The van der Waals surface area contributed by atoms with Crippen LogP contribution in [0.3, 0.4) is 0 Å². The van der Waals surface area contributed by atoms with Crippen LogP contribution in [0.5, 0.6) is 0 Å². The van der Waals surface area contributed by atoms with Gasteiger partial charge in [-0.3, -0.25) is 5.32 Å². The van der Waals surface area contributed by atoms with Crippen LogP contribution in [0.25, 0.3) is 0 Å². The molecular weight excluding hydrogens is 250 g/mol. The van der Waals surface area contributed by atoms with E-state index in [0.717, 1.165) is 12.2 Å². The minimum absolute atomic E-state index is 0.393. The van der Waals surface area contributed by atoms with Crippen molar-refractivity contribution >= 4 is 34.5 Å². The summed E-state index contributed by atoms with van der Waals surface area (Å²) in [6.07, 6.45) is -1.12. The van der Waals surface area contributed by atoms with E-state index in [9.17, 15) is 4.79 Å². The smallest absolute Gasteiger partial charge is 0.409 e. The van der Waals surface area contributed by atoms with E-state index >= 15 is 0 Å². The molecule has 0 aliphatic heterocycles. The largest absolute Gasteiger partial charge is 0.465 e. The lowest BCUT2D eigenvalue weighted by atomic mass is 10.2. The molecule has 0 radical (unpaired) electrons. The van der Waals surface area contributed by atoms with Gasteiger partial charge in [-0.05, 0) is 29.6 Å². The second-order valence-corrected chi connectivity index (χ2v) is 4.70. The highest BCUT2D eigenvalue weighted by Crippen LogP contribution is 2.23. The van der Waals surface area contributed by atoms with Crippen LogP contribution < -0.4 is 16.4 Å². The number of hydrogen-bond acceptors (Lipinski definition) is 4. The first-order chi connectivity index (χ1) is 8.65. The summed E-state index contributed by atoms with van der Waals surface area (Å²) in [5.74, 6) is 0. The number of rotatable bonds is 4. The molecule has 0 aliphatic carbocycles. The zero-order valence-electron chi connectivity index (χ0n) is 9.51. The average molecular weight is 263 g/mol. The first kappa shape index (κ1) is 12.3. The Morgan fingerprint density at radius 3 is 2.83 bits per heavy atom. The van der Waals surface area contributed by atoms with Crippen LogP contribution in [0.2, 0.25) is 0 Å². The molecule has 5 nitrogen and oxygen atoms in total. The van der Waals surface area contributed by atoms with Gasteiger partial charge in [0.1, 0.15) is 0 Å². The summed E-state index contributed by atoms with van der Waals surface area (Å²) < 4.78 is 0. The standard InChI is InChI=1S/C12H13N3O2S/c13-10-6-8(3-4-11(10)15-12(16)17)14-7-9-2-1-5-18-9/h1-6,14-15H,7,13H2,(H,16,17). The number of hydrogen-bond donors (Lipinski definition) is 4. The monoisotopic (exact) mass is 263 g/mol. The Bertz CT molecular complexity index is 540. The van der Waals surface area contributed by atoms with Crippen LogP contribution in [-0.4, -0.2) is 11.2 Å². The molecule has 0 unspecified atom stereocenters. The first-order valence-corrected chi connectivity index (χ1v) is 6.19. The maximum absolute atomic E-state index is 10.5. The second-order valence-electron chi connectivity index (χ2n) is 3.67. The summed E-state index contributed by atoms with van der Waals surface area (Å²) in [4.78, 5) is 11.7. The summed E-state index contributed by atoms with van der Waals surface area (Å²) in [5, 5.41) is 16.1. The third-order valence-electron chi connectivity index (χ3n) is 2.34. The van der Waals surface area contributed by atoms with Crippen LogP contribution in [-0.2, 0) is 6.54 Å². The Kier molecular flexibility index (Phi) is 3.69. The molecule has 0 fully saturated rings. The summed E-state index contributed by atoms with van der Waals surface area (Å²) in [6.45, 7) is 0.725. The molecule has 1 amide bonds. The lowest BCUT2D eigenvalue weighted by Gasteiger charge is -2.09. The molecule has 94 valence electrons. The van der Waals surface area contributed by atoms with E-state index in [1.54, 1.807) is 29.5 Å². The first-order valence-electron chi connectivity index (χ1n) is 5.31. The molecule has 1 heterocycles. The molecule has 0 bridgehead atoms. The van der Waals surface area contributed by atoms with E-state index < -0.39 is 6.09 Å². The van der Waals surface area contributed by atoms with Crippen LogP contribution in [0.1, 0.15) is 4.88 Å². The van der Waals surface area contributed by atoms with Crippen LogP contribution in [0.15, 0.2) is 35.7 Å². The zero-order valence-corrected chi connectivity index (χ0v) is 10.3. The number of anilines is 3. The van der Waals surface area contributed by atoms with Crippen LogP contribution >= 0.6 is 11.3 Å². The van der Waals surface area contributed by atoms with Crippen molar-refractivity contribution in [2.75, 3.05) is 16.4 Å². The molecule has 18 heavy (non-hydrogen) atoms. The maximum atomic E-state index is 10.5. The van der Waals surface area contributed by atoms with Crippen LogP contribution in [0, 0.1) is 0 Å². The predicted molar refractivity (Wildman–Crippen MR) is 74.1 cm³/mol. The molecular formula is C12H13N3O2S. The fourth-order valence-electron chi connectivity index (χ4n) is 1.50. The van der Waals surface area contributed by atoms with Crippen molar-refractivity contribution < 1.29 is 9.90 Å². The number of nitrogen functional groups attached to an aromatic ring is 1. The molecule has 2 rings (SSSR count). The Morgan fingerprint density at radius 1 is 1.39 bits per heavy atom. The molecule has 0 aliphatic rings. The summed E-state index contributed by atoms with van der Waals surface area (Å²) in [6, 6.07) is 9.17. The maximum Gasteiger partial charge on any atom is 0.409 e. The van der Waals surface area contributed by atoms with Gasteiger partial charge >= 0.3 is 6.09 Å². The van der Waals surface area contributed by atoms with Crippen molar-refractivity contribution in [2.24, 2.45) is 0 Å². The summed E-state index contributed by atoms with van der Waals surface area (Å²) in [7, 11) is 0. The van der Waals surface area contributed by atoms with Gasteiger partial charge in [0.25, 0.3) is 0 Å². The number of benzene rings is 1. The van der Waals surface area contributed by atoms with E-state index in [-0.39, 0.29) is 0 Å². The van der Waals surface area contributed by atoms with E-state index in [1.165, 1.54) is 4.88 Å². The Labute approximate surface area is 108 Å². The minimum atomic E-state index is -1.12. The van der Waals surface area contributed by atoms with Crippen molar-refractivity contribution in [2.45, 2.75) is 6.54 Å². The average Bonchev–Trinajstić information content (AvgIpc) is 2.82. The van der Waals surface area contributed by atoms with Gasteiger partial charge in [0, 0.05) is 17.1 Å². The van der Waals surface area contributed by atoms with Gasteiger partial charge < -0.3 is 16.2 Å². The summed E-state index contributed by atoms with van der Waals surface area (Å²) in [5.41, 5.74) is 7.40. The molecule has 0 atom stereocenters. The van der Waals surface area contributed by atoms with Gasteiger partial charge in [-0.2, -0.15) is 0 Å². The highest BCUT2D eigenvalue weighted by Gasteiger charge is 2.03. The topological polar surface area (TPSA) is 87.4 Å². The van der Waals surface area contributed by atoms with Gasteiger partial charge in [0.05, 0.1) is 11.4 Å². The van der Waals surface area contributed by atoms with Crippen molar-refractivity contribution in [3.8, 4) is 0 Å². The molecule has 0 saturated carbocycles. The molecule has 1 aromatic carbocycles. The Balaban J connectivity index is 2.02. The van der Waals surface area contributed by atoms with Crippen molar-refractivity contribution in [3.63, 3.8) is 0 Å². The molecule has 0 spiro atoms. The zero-order chi connectivity index (χ0) is 13.0. The van der Waals surface area contributed by atoms with Gasteiger partial charge in [0.2, 0.25) is 0 Å². The van der Waals surface area contributed by atoms with Gasteiger partial charge in [-0.25, -0.2) is 4.79 Å². The number of nitrogens with two attached hydrogens (primary N) is 1. The van der Waals surface area contributed by atoms with Gasteiger partial charge in [-0.15, -0.1) is 11.3 Å². The minimum Gasteiger partial charge on any atom is -0.465 e. The van der Waals surface area contributed by atoms with E-state index in [0.29, 0.717) is 11.4 Å². The quantitative estimate of drug-likeness (QED) is 0.638. The van der Waals surface area contributed by atoms with Gasteiger partial charge in [0.15, 0.2) is 0 Å². The van der Waals surface area contributed by atoms with Crippen molar-refractivity contribution in [3.05, 3.63) is 40.6 Å². The van der Waals surface area contributed by atoms with Crippen LogP contribution in [0.4, 0.5) is 21.9 Å². The number of carbonyl (C=O) groups is 1. The van der Waals surface area contributed by atoms with E-state index in [2.05, 4.69) is 10.6 Å². The fraction of sp³-hybridized carbons (Fsp3) is 0.0833.